The number of rotatable bonds is 6. The van der Waals surface area contributed by atoms with Crippen LogP contribution in [0.2, 0.25) is 0 Å². The number of carboxylic acid groups (broad SMARTS) is 1. The van der Waals surface area contributed by atoms with E-state index >= 15 is 0 Å². The minimum atomic E-state index is -1.13. The summed E-state index contributed by atoms with van der Waals surface area (Å²) in [5, 5.41) is 20.7. The number of nitrogens with one attached hydrogen (secondary N) is 1. The Balaban J connectivity index is 2.73. The smallest absolute Gasteiger partial charge is 0.329 e. The molecule has 1 aliphatic rings. The quantitative estimate of drug-likeness (QED) is 0.778. The molecule has 1 rings (SSSR count). The molecule has 6 heteroatoms. The van der Waals surface area contributed by atoms with Crippen molar-refractivity contribution in [3.8, 4) is 6.07 Å². The predicted molar refractivity (Wildman–Crippen MR) is 74.0 cm³/mol. The van der Waals surface area contributed by atoms with Crippen LogP contribution in [-0.4, -0.2) is 40.6 Å². The third-order valence-electron chi connectivity index (χ3n) is 3.58. The molecule has 0 aromatic rings. The number of urea groups is 1. The maximum absolute atomic E-state index is 12.3. The molecule has 2 amide bonds. The summed E-state index contributed by atoms with van der Waals surface area (Å²) in [6.45, 7) is 4.81. The van der Waals surface area contributed by atoms with E-state index in [0.717, 1.165) is 12.8 Å². The van der Waals surface area contributed by atoms with Gasteiger partial charge >= 0.3 is 12.0 Å². The number of hydrogen-bond donors (Lipinski definition) is 2. The summed E-state index contributed by atoms with van der Waals surface area (Å²) in [4.78, 5) is 25.3. The summed E-state index contributed by atoms with van der Waals surface area (Å²) in [7, 11) is 0. The number of amides is 2. The molecule has 0 aliphatic heterocycles. The molecule has 0 heterocycles. The maximum Gasteiger partial charge on any atom is 0.329 e. The first-order valence-electron chi connectivity index (χ1n) is 7.09. The molecule has 0 aromatic heterocycles. The van der Waals surface area contributed by atoms with Crippen molar-refractivity contribution in [2.45, 2.75) is 51.5 Å². The summed E-state index contributed by atoms with van der Waals surface area (Å²) >= 11 is 0. The average Bonchev–Trinajstić information content (AvgIpc) is 2.83. The number of nitriles is 1. The number of nitrogens with zero attached hydrogens (tertiary/aromatic N) is 2. The standard InChI is InChI=1S/C14H23N3O3/c1-11(2)10-17(9-5-8-15)13(20)16-14(12(18)19)6-3-4-7-14/h11H,3-7,9-10H2,1-2H3,(H,16,20)(H,18,19). The van der Waals surface area contributed by atoms with Crippen molar-refractivity contribution in [1.82, 2.24) is 10.2 Å². The third-order valence-corrected chi connectivity index (χ3v) is 3.58. The topological polar surface area (TPSA) is 93.4 Å². The molecule has 0 atom stereocenters. The number of carbonyl (C=O) groups is 2. The SMILES string of the molecule is CC(C)CN(CCC#N)C(=O)NC1(C(=O)O)CCCC1. The summed E-state index contributed by atoms with van der Waals surface area (Å²) < 4.78 is 0. The van der Waals surface area contributed by atoms with Gasteiger partial charge in [0.25, 0.3) is 0 Å². The largest absolute Gasteiger partial charge is 0.480 e. The van der Waals surface area contributed by atoms with Crippen LogP contribution in [0.4, 0.5) is 4.79 Å². The van der Waals surface area contributed by atoms with Gasteiger partial charge in [-0.2, -0.15) is 5.26 Å². The summed E-state index contributed by atoms with van der Waals surface area (Å²) in [5.41, 5.74) is -1.13. The van der Waals surface area contributed by atoms with Crippen LogP contribution in [-0.2, 0) is 4.79 Å². The molecule has 0 radical (unpaired) electrons. The van der Waals surface area contributed by atoms with E-state index in [0.29, 0.717) is 25.9 Å². The molecule has 0 spiro atoms. The number of hydrogen-bond acceptors (Lipinski definition) is 3. The molecule has 0 saturated heterocycles. The van der Waals surface area contributed by atoms with Gasteiger partial charge in [-0.1, -0.05) is 26.7 Å². The van der Waals surface area contributed by atoms with Crippen molar-refractivity contribution in [2.24, 2.45) is 5.92 Å². The van der Waals surface area contributed by atoms with Crippen molar-refractivity contribution < 1.29 is 14.7 Å². The van der Waals surface area contributed by atoms with Gasteiger partial charge in [-0.05, 0) is 18.8 Å². The predicted octanol–water partition coefficient (Wildman–Crippen LogP) is 1.97. The Labute approximate surface area is 119 Å². The van der Waals surface area contributed by atoms with E-state index in [9.17, 15) is 14.7 Å². The first kappa shape index (κ1) is 16.3. The van der Waals surface area contributed by atoms with E-state index in [2.05, 4.69) is 5.32 Å². The molecule has 1 fully saturated rings. The van der Waals surface area contributed by atoms with Gasteiger partial charge in [0.05, 0.1) is 12.5 Å². The molecule has 20 heavy (non-hydrogen) atoms. The van der Waals surface area contributed by atoms with Gasteiger partial charge in [0.1, 0.15) is 5.54 Å². The highest BCUT2D eigenvalue weighted by molar-refractivity contribution is 5.86. The molecule has 0 bridgehead atoms. The van der Waals surface area contributed by atoms with Gasteiger partial charge in [0.15, 0.2) is 0 Å². The molecule has 1 saturated carbocycles. The van der Waals surface area contributed by atoms with Crippen LogP contribution in [0.1, 0.15) is 46.0 Å². The van der Waals surface area contributed by atoms with Gasteiger partial charge in [-0.25, -0.2) is 9.59 Å². The first-order valence-corrected chi connectivity index (χ1v) is 7.09. The molecule has 1 aliphatic carbocycles. The number of carbonyl (C=O) groups excluding carboxylic acids is 1. The molecule has 112 valence electrons. The van der Waals surface area contributed by atoms with Crippen molar-refractivity contribution >= 4 is 12.0 Å². The van der Waals surface area contributed by atoms with Gasteiger partial charge in [0, 0.05) is 13.1 Å². The van der Waals surface area contributed by atoms with Crippen LogP contribution in [0.15, 0.2) is 0 Å². The first-order chi connectivity index (χ1) is 9.41. The molecule has 0 aromatic carbocycles. The number of carboxylic acids is 1. The highest BCUT2D eigenvalue weighted by Gasteiger charge is 2.43. The molecule has 2 N–H and O–H groups in total. The number of aliphatic carboxylic acids is 1. The Morgan fingerprint density at radius 3 is 2.45 bits per heavy atom. The van der Waals surface area contributed by atoms with Gasteiger partial charge in [-0.15, -0.1) is 0 Å². The summed E-state index contributed by atoms with van der Waals surface area (Å²) in [6.07, 6.45) is 2.83. The molecule has 0 unspecified atom stereocenters. The zero-order chi connectivity index (χ0) is 15.2. The lowest BCUT2D eigenvalue weighted by atomic mass is 9.98. The van der Waals surface area contributed by atoms with Crippen molar-refractivity contribution in [3.05, 3.63) is 0 Å². The fourth-order valence-corrected chi connectivity index (χ4v) is 2.56. The molecule has 6 nitrogen and oxygen atoms in total. The van der Waals surface area contributed by atoms with Gasteiger partial charge < -0.3 is 15.3 Å². The highest BCUT2D eigenvalue weighted by Crippen LogP contribution is 2.30. The second kappa shape index (κ2) is 7.13. The summed E-state index contributed by atoms with van der Waals surface area (Å²) in [5.74, 6) is -0.697. The van der Waals surface area contributed by atoms with Gasteiger partial charge in [-0.3, -0.25) is 0 Å². The van der Waals surface area contributed by atoms with E-state index in [-0.39, 0.29) is 18.4 Å². The van der Waals surface area contributed by atoms with Crippen LogP contribution in [0.3, 0.4) is 0 Å². The minimum absolute atomic E-state index is 0.250. The van der Waals surface area contributed by atoms with E-state index in [1.54, 1.807) is 0 Å². The maximum atomic E-state index is 12.3. The lowest BCUT2D eigenvalue weighted by molar-refractivity contribution is -0.144. The van der Waals surface area contributed by atoms with Crippen LogP contribution in [0.5, 0.6) is 0 Å². The second-order valence-electron chi connectivity index (χ2n) is 5.77. The second-order valence-corrected chi connectivity index (χ2v) is 5.77. The van der Waals surface area contributed by atoms with E-state index < -0.39 is 11.5 Å². The Kier molecular flexibility index (Phi) is 5.81. The van der Waals surface area contributed by atoms with Crippen molar-refractivity contribution in [1.29, 1.82) is 5.26 Å². The normalized spacial score (nSPS) is 16.7. The van der Waals surface area contributed by atoms with Crippen LogP contribution < -0.4 is 5.32 Å². The summed E-state index contributed by atoms with van der Waals surface area (Å²) in [6, 6.07) is 1.64. The molecular formula is C14H23N3O3. The fraction of sp³-hybridized carbons (Fsp3) is 0.786. The third kappa shape index (κ3) is 4.12. The Hall–Kier alpha value is -1.77. The van der Waals surface area contributed by atoms with Crippen LogP contribution in [0.25, 0.3) is 0 Å². The zero-order valence-corrected chi connectivity index (χ0v) is 12.2. The lowest BCUT2D eigenvalue weighted by Crippen LogP contribution is -2.56. The monoisotopic (exact) mass is 281 g/mol. The van der Waals surface area contributed by atoms with Crippen molar-refractivity contribution in [2.75, 3.05) is 13.1 Å². The lowest BCUT2D eigenvalue weighted by Gasteiger charge is -2.31. The van der Waals surface area contributed by atoms with Gasteiger partial charge in [0.2, 0.25) is 0 Å². The minimum Gasteiger partial charge on any atom is -0.480 e. The fourth-order valence-electron chi connectivity index (χ4n) is 2.56. The van der Waals surface area contributed by atoms with Crippen LogP contribution in [0, 0.1) is 17.2 Å². The van der Waals surface area contributed by atoms with E-state index in [1.807, 2.05) is 19.9 Å². The average molecular weight is 281 g/mol. The Bertz CT molecular complexity index is 395. The Morgan fingerprint density at radius 2 is 2.00 bits per heavy atom. The van der Waals surface area contributed by atoms with E-state index in [4.69, 9.17) is 5.26 Å². The van der Waals surface area contributed by atoms with Crippen molar-refractivity contribution in [3.63, 3.8) is 0 Å². The Morgan fingerprint density at radius 1 is 1.40 bits per heavy atom. The highest BCUT2D eigenvalue weighted by atomic mass is 16.4. The van der Waals surface area contributed by atoms with Crippen LogP contribution >= 0.6 is 0 Å². The molecular weight excluding hydrogens is 258 g/mol. The van der Waals surface area contributed by atoms with E-state index in [1.165, 1.54) is 4.90 Å². The zero-order valence-electron chi connectivity index (χ0n) is 12.2.